The first kappa shape index (κ1) is 21.0. The molecule has 7 heteroatoms. The van der Waals surface area contributed by atoms with Gasteiger partial charge in [-0.3, -0.25) is 18.7 Å². The number of carbonyl (C=O) groups excluding carboxylic acids is 1. The third-order valence-electron chi connectivity index (χ3n) is 5.92. The zero-order chi connectivity index (χ0) is 21.8. The standard InChI is InChI=1S/C24H26FN3O3/c25-20-12-5-1-8-17(20)16-28-21-13-6-4-11-19(21)23(30)27(24(28)31)15-7-14-22(29)26-18-9-2-3-10-18/h1,4-6,8,11-13,18H,2-3,7,9-10,14-16H2,(H,26,29). The number of halogens is 1. The number of amides is 1. The van der Waals surface area contributed by atoms with Crippen LogP contribution < -0.4 is 16.6 Å². The Morgan fingerprint density at radius 1 is 1.00 bits per heavy atom. The third kappa shape index (κ3) is 4.60. The van der Waals surface area contributed by atoms with Gasteiger partial charge >= 0.3 is 5.69 Å². The predicted molar refractivity (Wildman–Crippen MR) is 118 cm³/mol. The smallest absolute Gasteiger partial charge is 0.331 e. The quantitative estimate of drug-likeness (QED) is 0.634. The van der Waals surface area contributed by atoms with Crippen molar-refractivity contribution in [3.8, 4) is 0 Å². The molecule has 2 aromatic carbocycles. The largest absolute Gasteiger partial charge is 0.353 e. The summed E-state index contributed by atoms with van der Waals surface area (Å²) in [7, 11) is 0. The molecule has 1 fully saturated rings. The molecule has 1 amide bonds. The van der Waals surface area contributed by atoms with E-state index < -0.39 is 11.5 Å². The lowest BCUT2D eigenvalue weighted by molar-refractivity contribution is -0.121. The highest BCUT2D eigenvalue weighted by Crippen LogP contribution is 2.18. The van der Waals surface area contributed by atoms with Gasteiger partial charge in [-0.15, -0.1) is 0 Å². The van der Waals surface area contributed by atoms with Gasteiger partial charge in [0.2, 0.25) is 5.91 Å². The van der Waals surface area contributed by atoms with Gasteiger partial charge in [0.25, 0.3) is 5.56 Å². The van der Waals surface area contributed by atoms with Crippen molar-refractivity contribution < 1.29 is 9.18 Å². The fraction of sp³-hybridized carbons (Fsp3) is 0.375. The van der Waals surface area contributed by atoms with Crippen LogP contribution in [0.3, 0.4) is 0 Å². The number of nitrogens with one attached hydrogen (secondary N) is 1. The van der Waals surface area contributed by atoms with Gasteiger partial charge in [0.05, 0.1) is 17.4 Å². The first-order chi connectivity index (χ1) is 15.0. The molecule has 0 saturated heterocycles. The molecule has 0 bridgehead atoms. The second-order valence-electron chi connectivity index (χ2n) is 8.09. The highest BCUT2D eigenvalue weighted by Gasteiger charge is 2.18. The topological polar surface area (TPSA) is 73.1 Å². The summed E-state index contributed by atoms with van der Waals surface area (Å²) in [4.78, 5) is 38.3. The van der Waals surface area contributed by atoms with Crippen molar-refractivity contribution in [3.63, 3.8) is 0 Å². The van der Waals surface area contributed by atoms with Gasteiger partial charge < -0.3 is 5.32 Å². The van der Waals surface area contributed by atoms with Gasteiger partial charge in [0.15, 0.2) is 0 Å². The first-order valence-corrected chi connectivity index (χ1v) is 10.8. The molecular formula is C24H26FN3O3. The minimum Gasteiger partial charge on any atom is -0.353 e. The van der Waals surface area contributed by atoms with Gasteiger partial charge in [-0.25, -0.2) is 9.18 Å². The third-order valence-corrected chi connectivity index (χ3v) is 5.92. The number of fused-ring (bicyclic) bond motifs is 1. The van der Waals surface area contributed by atoms with E-state index in [2.05, 4.69) is 5.32 Å². The van der Waals surface area contributed by atoms with Crippen molar-refractivity contribution in [1.82, 2.24) is 14.5 Å². The van der Waals surface area contributed by atoms with Crippen LogP contribution in [-0.4, -0.2) is 21.1 Å². The molecule has 0 spiro atoms. The SMILES string of the molecule is O=C(CCCn1c(=O)c2ccccc2n(Cc2ccccc2F)c1=O)NC1CCCC1. The fourth-order valence-electron chi connectivity index (χ4n) is 4.29. The summed E-state index contributed by atoms with van der Waals surface area (Å²) >= 11 is 0. The molecule has 1 saturated carbocycles. The van der Waals surface area contributed by atoms with Gasteiger partial charge in [-0.2, -0.15) is 0 Å². The second kappa shape index (κ2) is 9.29. The lowest BCUT2D eigenvalue weighted by atomic mass is 10.2. The number of para-hydroxylation sites is 1. The van der Waals surface area contributed by atoms with Gasteiger partial charge in [0.1, 0.15) is 5.82 Å². The maximum Gasteiger partial charge on any atom is 0.331 e. The number of nitrogens with zero attached hydrogens (tertiary/aromatic N) is 2. The molecule has 0 unspecified atom stereocenters. The average molecular weight is 423 g/mol. The van der Waals surface area contributed by atoms with Crippen molar-refractivity contribution in [2.75, 3.05) is 0 Å². The molecule has 4 rings (SSSR count). The van der Waals surface area contributed by atoms with E-state index in [4.69, 9.17) is 0 Å². The van der Waals surface area contributed by atoms with Crippen LogP contribution in [-0.2, 0) is 17.9 Å². The van der Waals surface area contributed by atoms with Gasteiger partial charge in [-0.1, -0.05) is 43.2 Å². The van der Waals surface area contributed by atoms with Crippen LogP contribution in [0.4, 0.5) is 4.39 Å². The molecule has 1 aliphatic rings. The van der Waals surface area contributed by atoms with Crippen molar-refractivity contribution >= 4 is 16.8 Å². The molecule has 1 aliphatic carbocycles. The molecule has 0 aliphatic heterocycles. The molecule has 0 atom stereocenters. The highest BCUT2D eigenvalue weighted by atomic mass is 19.1. The molecular weight excluding hydrogens is 397 g/mol. The number of hydrogen-bond acceptors (Lipinski definition) is 3. The minimum absolute atomic E-state index is 0.0223. The summed E-state index contributed by atoms with van der Waals surface area (Å²) in [6, 6.07) is 13.4. The molecule has 162 valence electrons. The Labute approximate surface area is 179 Å². The Balaban J connectivity index is 1.59. The van der Waals surface area contributed by atoms with Crippen LogP contribution >= 0.6 is 0 Å². The summed E-state index contributed by atoms with van der Waals surface area (Å²) < 4.78 is 16.8. The normalized spacial score (nSPS) is 14.2. The van der Waals surface area contributed by atoms with E-state index in [1.54, 1.807) is 42.5 Å². The molecule has 6 nitrogen and oxygen atoms in total. The van der Waals surface area contributed by atoms with Crippen LogP contribution in [0.2, 0.25) is 0 Å². The Kier molecular flexibility index (Phi) is 6.30. The first-order valence-electron chi connectivity index (χ1n) is 10.8. The van der Waals surface area contributed by atoms with E-state index in [9.17, 15) is 18.8 Å². The van der Waals surface area contributed by atoms with Crippen LogP contribution in [0, 0.1) is 5.82 Å². The Hall–Kier alpha value is -3.22. The van der Waals surface area contributed by atoms with E-state index in [1.807, 2.05) is 0 Å². The Bertz CT molecular complexity index is 1210. The van der Waals surface area contributed by atoms with Crippen LogP contribution in [0.25, 0.3) is 10.9 Å². The number of hydrogen-bond donors (Lipinski definition) is 1. The van der Waals surface area contributed by atoms with Crippen molar-refractivity contribution in [2.45, 2.75) is 57.7 Å². The Morgan fingerprint density at radius 3 is 2.48 bits per heavy atom. The van der Waals surface area contributed by atoms with Crippen molar-refractivity contribution in [3.05, 3.63) is 80.7 Å². The van der Waals surface area contributed by atoms with E-state index >= 15 is 0 Å². The van der Waals surface area contributed by atoms with E-state index in [0.717, 1.165) is 30.3 Å². The zero-order valence-electron chi connectivity index (χ0n) is 17.4. The summed E-state index contributed by atoms with van der Waals surface area (Å²) in [5.74, 6) is -0.452. The van der Waals surface area contributed by atoms with Crippen molar-refractivity contribution in [1.29, 1.82) is 0 Å². The summed E-state index contributed by atoms with van der Waals surface area (Å²) in [5.41, 5.74) is -0.0448. The lowest BCUT2D eigenvalue weighted by Gasteiger charge is -2.15. The van der Waals surface area contributed by atoms with Crippen LogP contribution in [0.15, 0.2) is 58.1 Å². The van der Waals surface area contributed by atoms with Crippen molar-refractivity contribution in [2.24, 2.45) is 0 Å². The Morgan fingerprint density at radius 2 is 1.71 bits per heavy atom. The summed E-state index contributed by atoms with van der Waals surface area (Å²) in [6.07, 6.45) is 4.93. The van der Waals surface area contributed by atoms with E-state index in [-0.39, 0.29) is 37.0 Å². The van der Waals surface area contributed by atoms with Crippen LogP contribution in [0.5, 0.6) is 0 Å². The van der Waals surface area contributed by atoms with E-state index in [1.165, 1.54) is 10.6 Å². The van der Waals surface area contributed by atoms with Gasteiger partial charge in [-0.05, 0) is 37.5 Å². The molecule has 1 aromatic heterocycles. The number of aromatic nitrogens is 2. The minimum atomic E-state index is -0.497. The fourth-order valence-corrected chi connectivity index (χ4v) is 4.29. The summed E-state index contributed by atoms with van der Waals surface area (Å²) in [5, 5.41) is 3.42. The number of benzene rings is 2. The maximum absolute atomic E-state index is 14.2. The molecule has 1 N–H and O–H groups in total. The van der Waals surface area contributed by atoms with Crippen LogP contribution in [0.1, 0.15) is 44.1 Å². The predicted octanol–water partition coefficient (Wildman–Crippen LogP) is 3.19. The summed E-state index contributed by atoms with van der Waals surface area (Å²) in [6.45, 7) is 0.159. The lowest BCUT2D eigenvalue weighted by Crippen LogP contribution is -2.40. The number of carbonyl (C=O) groups is 1. The molecule has 3 aromatic rings. The molecule has 0 radical (unpaired) electrons. The zero-order valence-corrected chi connectivity index (χ0v) is 17.4. The second-order valence-corrected chi connectivity index (χ2v) is 8.09. The number of rotatable bonds is 7. The van der Waals surface area contributed by atoms with E-state index in [0.29, 0.717) is 22.9 Å². The van der Waals surface area contributed by atoms with Gasteiger partial charge in [0, 0.05) is 24.6 Å². The molecule has 1 heterocycles. The highest BCUT2D eigenvalue weighted by molar-refractivity contribution is 5.78. The maximum atomic E-state index is 14.2. The monoisotopic (exact) mass is 423 g/mol. The average Bonchev–Trinajstić information content (AvgIpc) is 3.27. The molecule has 31 heavy (non-hydrogen) atoms.